The lowest BCUT2D eigenvalue weighted by Gasteiger charge is -2.11. The molecule has 28 heavy (non-hydrogen) atoms. The van der Waals surface area contributed by atoms with E-state index in [1.807, 2.05) is 13.0 Å². The number of guanidine groups is 1. The van der Waals surface area contributed by atoms with Crippen LogP contribution in [0.1, 0.15) is 48.5 Å². The van der Waals surface area contributed by atoms with Crippen molar-refractivity contribution in [2.45, 2.75) is 33.2 Å². The van der Waals surface area contributed by atoms with Gasteiger partial charge < -0.3 is 20.5 Å². The van der Waals surface area contributed by atoms with Crippen LogP contribution < -0.4 is 16.0 Å². The van der Waals surface area contributed by atoms with Crippen molar-refractivity contribution in [3.8, 4) is 0 Å². The van der Waals surface area contributed by atoms with Crippen LogP contribution in [0.3, 0.4) is 0 Å². The number of aromatic nitrogens is 1. The minimum atomic E-state index is -0.217. The standard InChI is InChI=1S/C19H25Cl2N5O2/c1-4-22-19(25-11-14-10-17(12(2)3)26-28-14)24-8-7-23-18(27)13-5-6-15(20)16(21)9-13/h5-6,9-10,12H,4,7-8,11H2,1-3H3,(H,23,27)(H2,22,24,25). The summed E-state index contributed by atoms with van der Waals surface area (Å²) in [6.07, 6.45) is 0. The number of hydrogen-bond donors (Lipinski definition) is 3. The lowest BCUT2D eigenvalue weighted by atomic mass is 10.1. The molecule has 0 spiro atoms. The molecule has 0 aliphatic rings. The van der Waals surface area contributed by atoms with Crippen LogP contribution in [-0.2, 0) is 6.54 Å². The van der Waals surface area contributed by atoms with Gasteiger partial charge in [-0.15, -0.1) is 0 Å². The Labute approximate surface area is 174 Å². The molecule has 0 saturated heterocycles. The van der Waals surface area contributed by atoms with Crippen molar-refractivity contribution >= 4 is 35.1 Å². The van der Waals surface area contributed by atoms with Gasteiger partial charge in [0.2, 0.25) is 0 Å². The average molecular weight is 426 g/mol. The molecule has 1 heterocycles. The van der Waals surface area contributed by atoms with Gasteiger partial charge in [-0.1, -0.05) is 42.2 Å². The zero-order chi connectivity index (χ0) is 20.5. The van der Waals surface area contributed by atoms with Gasteiger partial charge in [-0.05, 0) is 31.0 Å². The summed E-state index contributed by atoms with van der Waals surface area (Å²) in [5.41, 5.74) is 1.37. The number of aliphatic imine (C=N–C) groups is 1. The summed E-state index contributed by atoms with van der Waals surface area (Å²) in [5.74, 6) is 1.43. The van der Waals surface area contributed by atoms with Crippen LogP contribution in [0, 0.1) is 0 Å². The highest BCUT2D eigenvalue weighted by Crippen LogP contribution is 2.22. The fraction of sp³-hybridized carbons (Fsp3) is 0.421. The molecule has 1 aromatic carbocycles. The highest BCUT2D eigenvalue weighted by Gasteiger charge is 2.09. The number of carbonyl (C=O) groups is 1. The van der Waals surface area contributed by atoms with E-state index in [1.54, 1.807) is 18.2 Å². The van der Waals surface area contributed by atoms with Crippen molar-refractivity contribution in [2.75, 3.05) is 19.6 Å². The van der Waals surface area contributed by atoms with Crippen LogP contribution >= 0.6 is 23.2 Å². The minimum absolute atomic E-state index is 0.217. The molecular weight excluding hydrogens is 401 g/mol. The molecule has 1 aromatic heterocycles. The van der Waals surface area contributed by atoms with Crippen molar-refractivity contribution in [3.05, 3.63) is 51.3 Å². The Balaban J connectivity index is 1.81. The molecule has 7 nitrogen and oxygen atoms in total. The summed E-state index contributed by atoms with van der Waals surface area (Å²) in [6, 6.07) is 6.68. The molecule has 0 fully saturated rings. The summed E-state index contributed by atoms with van der Waals surface area (Å²) in [6.45, 7) is 8.12. The van der Waals surface area contributed by atoms with Crippen LogP contribution in [0.5, 0.6) is 0 Å². The van der Waals surface area contributed by atoms with E-state index in [0.29, 0.717) is 52.9 Å². The third-order valence-corrected chi connectivity index (χ3v) is 4.53. The lowest BCUT2D eigenvalue weighted by molar-refractivity contribution is 0.0954. The fourth-order valence-corrected chi connectivity index (χ4v) is 2.57. The summed E-state index contributed by atoms with van der Waals surface area (Å²) in [7, 11) is 0. The molecule has 2 rings (SSSR count). The molecule has 3 N–H and O–H groups in total. The van der Waals surface area contributed by atoms with E-state index >= 15 is 0 Å². The van der Waals surface area contributed by atoms with Gasteiger partial charge in [-0.3, -0.25) is 4.79 Å². The first kappa shape index (κ1) is 22.0. The second-order valence-electron chi connectivity index (χ2n) is 6.38. The van der Waals surface area contributed by atoms with Gasteiger partial charge >= 0.3 is 0 Å². The first-order valence-electron chi connectivity index (χ1n) is 9.11. The maximum Gasteiger partial charge on any atom is 0.251 e. The van der Waals surface area contributed by atoms with E-state index in [2.05, 4.69) is 39.9 Å². The first-order valence-corrected chi connectivity index (χ1v) is 9.87. The van der Waals surface area contributed by atoms with Gasteiger partial charge in [0.25, 0.3) is 5.91 Å². The van der Waals surface area contributed by atoms with E-state index in [9.17, 15) is 4.79 Å². The Bertz CT molecular complexity index is 820. The SMILES string of the molecule is CCNC(=NCc1cc(C(C)C)no1)NCCNC(=O)c1ccc(Cl)c(Cl)c1. The molecule has 0 radical (unpaired) electrons. The Kier molecular flexibility index (Phi) is 8.60. The summed E-state index contributed by atoms with van der Waals surface area (Å²) in [5, 5.41) is 13.9. The number of amides is 1. The van der Waals surface area contributed by atoms with E-state index < -0.39 is 0 Å². The number of rotatable bonds is 8. The molecule has 0 saturated carbocycles. The lowest BCUT2D eigenvalue weighted by Crippen LogP contribution is -2.41. The monoisotopic (exact) mass is 425 g/mol. The zero-order valence-corrected chi connectivity index (χ0v) is 17.7. The van der Waals surface area contributed by atoms with Crippen molar-refractivity contribution in [1.29, 1.82) is 0 Å². The molecule has 0 bridgehead atoms. The number of nitrogens with zero attached hydrogens (tertiary/aromatic N) is 2. The Morgan fingerprint density at radius 1 is 1.14 bits per heavy atom. The van der Waals surface area contributed by atoms with E-state index in [1.165, 1.54) is 0 Å². The molecule has 1 amide bonds. The van der Waals surface area contributed by atoms with Gasteiger partial charge in [0.05, 0.1) is 15.7 Å². The normalized spacial score (nSPS) is 11.6. The molecule has 9 heteroatoms. The molecule has 0 aliphatic carbocycles. The first-order chi connectivity index (χ1) is 13.4. The molecule has 2 aromatic rings. The predicted octanol–water partition coefficient (Wildman–Crippen LogP) is 3.59. The summed E-state index contributed by atoms with van der Waals surface area (Å²) < 4.78 is 5.29. The van der Waals surface area contributed by atoms with Gasteiger partial charge in [-0.2, -0.15) is 0 Å². The Hall–Kier alpha value is -2.25. The second-order valence-corrected chi connectivity index (χ2v) is 7.19. The highest BCUT2D eigenvalue weighted by molar-refractivity contribution is 6.42. The summed E-state index contributed by atoms with van der Waals surface area (Å²) in [4.78, 5) is 16.6. The number of hydrogen-bond acceptors (Lipinski definition) is 4. The maximum atomic E-state index is 12.1. The van der Waals surface area contributed by atoms with Crippen LogP contribution in [0.2, 0.25) is 10.0 Å². The molecule has 0 atom stereocenters. The third-order valence-electron chi connectivity index (χ3n) is 3.79. The van der Waals surface area contributed by atoms with Crippen molar-refractivity contribution in [1.82, 2.24) is 21.1 Å². The van der Waals surface area contributed by atoms with Crippen molar-refractivity contribution in [2.24, 2.45) is 4.99 Å². The van der Waals surface area contributed by atoms with Gasteiger partial charge in [0.1, 0.15) is 6.54 Å². The molecule has 0 aliphatic heterocycles. The van der Waals surface area contributed by atoms with E-state index in [0.717, 1.165) is 12.2 Å². The minimum Gasteiger partial charge on any atom is -0.359 e. The third kappa shape index (κ3) is 6.73. The highest BCUT2D eigenvalue weighted by atomic mass is 35.5. The Morgan fingerprint density at radius 2 is 1.89 bits per heavy atom. The number of nitrogens with one attached hydrogen (secondary N) is 3. The molecule has 152 valence electrons. The predicted molar refractivity (Wildman–Crippen MR) is 112 cm³/mol. The van der Waals surface area contributed by atoms with Crippen LogP contribution in [0.25, 0.3) is 0 Å². The van der Waals surface area contributed by atoms with Crippen molar-refractivity contribution < 1.29 is 9.32 Å². The van der Waals surface area contributed by atoms with Crippen LogP contribution in [0.15, 0.2) is 33.8 Å². The summed E-state index contributed by atoms with van der Waals surface area (Å²) >= 11 is 11.8. The average Bonchev–Trinajstić information content (AvgIpc) is 3.14. The largest absolute Gasteiger partial charge is 0.359 e. The van der Waals surface area contributed by atoms with Gasteiger partial charge in [0, 0.05) is 31.3 Å². The smallest absolute Gasteiger partial charge is 0.251 e. The number of halogens is 2. The fourth-order valence-electron chi connectivity index (χ4n) is 2.27. The van der Waals surface area contributed by atoms with Crippen LogP contribution in [0.4, 0.5) is 0 Å². The van der Waals surface area contributed by atoms with E-state index in [-0.39, 0.29) is 5.91 Å². The van der Waals surface area contributed by atoms with Crippen LogP contribution in [-0.4, -0.2) is 36.7 Å². The zero-order valence-electron chi connectivity index (χ0n) is 16.2. The second kappa shape index (κ2) is 10.9. The van der Waals surface area contributed by atoms with Gasteiger partial charge in [0.15, 0.2) is 11.7 Å². The Morgan fingerprint density at radius 3 is 2.54 bits per heavy atom. The maximum absolute atomic E-state index is 12.1. The quantitative estimate of drug-likeness (QED) is 0.341. The van der Waals surface area contributed by atoms with E-state index in [4.69, 9.17) is 27.7 Å². The topological polar surface area (TPSA) is 91.6 Å². The van der Waals surface area contributed by atoms with Crippen molar-refractivity contribution in [3.63, 3.8) is 0 Å². The number of carbonyl (C=O) groups excluding carboxylic acids is 1. The molecular formula is C19H25Cl2N5O2. The molecule has 0 unspecified atom stereocenters. The van der Waals surface area contributed by atoms with Gasteiger partial charge in [-0.25, -0.2) is 4.99 Å². The number of benzene rings is 1.